The largest absolute Gasteiger partial charge is 0.437 e. The smallest absolute Gasteiger partial charge is 0.273 e. The molecule has 0 aromatic carbocycles. The molecular formula is C11H17N5O3S. The van der Waals surface area contributed by atoms with Gasteiger partial charge in [-0.1, -0.05) is 13.8 Å². The molecule has 9 heteroatoms. The maximum Gasteiger partial charge on any atom is 0.273 e. The Hall–Kier alpha value is -1.74. The van der Waals surface area contributed by atoms with Crippen LogP contribution in [0.4, 0.5) is 0 Å². The molecule has 0 radical (unpaired) electrons. The minimum Gasteiger partial charge on any atom is -0.437 e. The van der Waals surface area contributed by atoms with Crippen molar-refractivity contribution in [1.82, 2.24) is 19.7 Å². The molecule has 0 spiro atoms. The lowest BCUT2D eigenvalue weighted by Crippen LogP contribution is -2.20. The second-order valence-electron chi connectivity index (χ2n) is 5.00. The summed E-state index contributed by atoms with van der Waals surface area (Å²) < 4.78 is 30.1. The minimum absolute atomic E-state index is 0.189. The molecule has 0 aliphatic rings. The van der Waals surface area contributed by atoms with Crippen LogP contribution in [-0.2, 0) is 16.6 Å². The van der Waals surface area contributed by atoms with Gasteiger partial charge >= 0.3 is 0 Å². The molecule has 110 valence electrons. The highest BCUT2D eigenvalue weighted by Gasteiger charge is 2.25. The molecule has 0 atom stereocenters. The molecule has 2 heterocycles. The Morgan fingerprint density at radius 2 is 1.95 bits per heavy atom. The van der Waals surface area contributed by atoms with Crippen molar-refractivity contribution in [3.63, 3.8) is 0 Å². The van der Waals surface area contributed by atoms with Gasteiger partial charge in [-0.3, -0.25) is 4.57 Å². The van der Waals surface area contributed by atoms with Gasteiger partial charge in [0.2, 0.25) is 5.82 Å². The molecule has 2 rings (SSSR count). The zero-order valence-electron chi connectivity index (χ0n) is 11.8. The summed E-state index contributed by atoms with van der Waals surface area (Å²) in [6, 6.07) is 0. The lowest BCUT2D eigenvalue weighted by Gasteiger charge is -2.10. The molecule has 8 nitrogen and oxygen atoms in total. The second kappa shape index (κ2) is 4.98. The van der Waals surface area contributed by atoms with Crippen LogP contribution < -0.4 is 5.14 Å². The molecule has 0 saturated heterocycles. The van der Waals surface area contributed by atoms with E-state index in [4.69, 9.17) is 9.56 Å². The Bertz CT molecular complexity index is 729. The van der Waals surface area contributed by atoms with Gasteiger partial charge in [0.15, 0.2) is 11.7 Å². The summed E-state index contributed by atoms with van der Waals surface area (Å²) >= 11 is 0. The Labute approximate surface area is 117 Å². The Morgan fingerprint density at radius 1 is 1.30 bits per heavy atom. The van der Waals surface area contributed by atoms with Crippen LogP contribution in [0.15, 0.2) is 9.57 Å². The van der Waals surface area contributed by atoms with E-state index >= 15 is 0 Å². The van der Waals surface area contributed by atoms with Gasteiger partial charge in [0, 0.05) is 13.5 Å². The number of sulfonamides is 1. The van der Waals surface area contributed by atoms with E-state index in [0.29, 0.717) is 29.7 Å². The number of nitrogens with zero attached hydrogens (tertiary/aromatic N) is 4. The summed E-state index contributed by atoms with van der Waals surface area (Å²) in [5, 5.41) is 12.5. The molecule has 0 bridgehead atoms. The lowest BCUT2D eigenvalue weighted by atomic mass is 10.2. The lowest BCUT2D eigenvalue weighted by molar-refractivity contribution is 0.475. The van der Waals surface area contributed by atoms with E-state index in [1.54, 1.807) is 13.8 Å². The number of hydrogen-bond acceptors (Lipinski definition) is 6. The zero-order valence-corrected chi connectivity index (χ0v) is 12.6. The summed E-state index contributed by atoms with van der Waals surface area (Å²) in [6.45, 7) is 7.79. The number of aryl methyl sites for hydroxylation is 2. The number of primary sulfonamides is 1. The molecular weight excluding hydrogens is 282 g/mol. The molecule has 20 heavy (non-hydrogen) atoms. The quantitative estimate of drug-likeness (QED) is 0.894. The standard InChI is InChI=1S/C11H17N5O3S/c1-6(2)5-16-10(9-7(3)13-8(4)19-9)14-15-11(16)20(12,17)18/h6H,5H2,1-4H3,(H2,12,17,18). The normalized spacial score (nSPS) is 12.3. The van der Waals surface area contributed by atoms with Gasteiger partial charge in [0.1, 0.15) is 0 Å². The van der Waals surface area contributed by atoms with Gasteiger partial charge in [0.05, 0.1) is 5.69 Å². The number of hydrogen-bond donors (Lipinski definition) is 1. The van der Waals surface area contributed by atoms with E-state index in [-0.39, 0.29) is 11.1 Å². The number of rotatable bonds is 4. The van der Waals surface area contributed by atoms with E-state index in [0.717, 1.165) is 0 Å². The average molecular weight is 299 g/mol. The third-order valence-corrected chi connectivity index (χ3v) is 3.44. The number of aromatic nitrogens is 4. The first-order valence-electron chi connectivity index (χ1n) is 6.10. The second-order valence-corrected chi connectivity index (χ2v) is 6.46. The Balaban J connectivity index is 2.65. The van der Waals surface area contributed by atoms with Gasteiger partial charge in [-0.05, 0) is 12.8 Å². The highest BCUT2D eigenvalue weighted by Crippen LogP contribution is 2.25. The zero-order chi connectivity index (χ0) is 15.1. The molecule has 2 aromatic heterocycles. The van der Waals surface area contributed by atoms with E-state index in [1.807, 2.05) is 13.8 Å². The number of oxazole rings is 1. The Kier molecular flexibility index (Phi) is 3.65. The van der Waals surface area contributed by atoms with Crippen molar-refractivity contribution in [2.75, 3.05) is 0 Å². The van der Waals surface area contributed by atoms with Crippen molar-refractivity contribution in [1.29, 1.82) is 0 Å². The highest BCUT2D eigenvalue weighted by atomic mass is 32.2. The predicted octanol–water partition coefficient (Wildman–Crippen LogP) is 0.853. The SMILES string of the molecule is Cc1nc(C)c(-c2nnc(S(N)(=O)=O)n2CC(C)C)o1. The molecule has 0 aliphatic carbocycles. The van der Waals surface area contributed by atoms with Crippen LogP contribution in [0.3, 0.4) is 0 Å². The first-order valence-corrected chi connectivity index (χ1v) is 7.65. The van der Waals surface area contributed by atoms with Gasteiger partial charge in [-0.25, -0.2) is 18.5 Å². The van der Waals surface area contributed by atoms with Gasteiger partial charge in [0.25, 0.3) is 15.2 Å². The minimum atomic E-state index is -3.95. The third-order valence-electron chi connectivity index (χ3n) is 2.63. The van der Waals surface area contributed by atoms with Crippen LogP contribution in [0, 0.1) is 19.8 Å². The van der Waals surface area contributed by atoms with E-state index in [2.05, 4.69) is 15.2 Å². The fourth-order valence-electron chi connectivity index (χ4n) is 1.94. The van der Waals surface area contributed by atoms with Crippen LogP contribution in [0.1, 0.15) is 25.4 Å². The van der Waals surface area contributed by atoms with Crippen LogP contribution in [0.25, 0.3) is 11.6 Å². The molecule has 0 fully saturated rings. The fourth-order valence-corrected chi connectivity index (χ4v) is 2.56. The average Bonchev–Trinajstić information content (AvgIpc) is 2.80. The number of nitrogens with two attached hydrogens (primary N) is 1. The first-order chi connectivity index (χ1) is 9.20. The molecule has 0 unspecified atom stereocenters. The van der Waals surface area contributed by atoms with Crippen molar-refractivity contribution >= 4 is 10.0 Å². The molecule has 0 saturated carbocycles. The van der Waals surface area contributed by atoms with Crippen LogP contribution in [-0.4, -0.2) is 28.2 Å². The molecule has 2 N–H and O–H groups in total. The topological polar surface area (TPSA) is 117 Å². The maximum absolute atomic E-state index is 11.6. The van der Waals surface area contributed by atoms with E-state index < -0.39 is 10.0 Å². The summed E-state index contributed by atoms with van der Waals surface area (Å²) in [5.74, 6) is 1.40. The molecule has 0 aliphatic heterocycles. The van der Waals surface area contributed by atoms with Crippen molar-refractivity contribution in [3.8, 4) is 11.6 Å². The van der Waals surface area contributed by atoms with Gasteiger partial charge in [-0.15, -0.1) is 10.2 Å². The summed E-state index contributed by atoms with van der Waals surface area (Å²) in [4.78, 5) is 4.15. The maximum atomic E-state index is 11.6. The summed E-state index contributed by atoms with van der Waals surface area (Å²) in [7, 11) is -3.95. The Morgan fingerprint density at radius 3 is 2.40 bits per heavy atom. The van der Waals surface area contributed by atoms with Crippen molar-refractivity contribution < 1.29 is 12.8 Å². The van der Waals surface area contributed by atoms with Crippen molar-refractivity contribution in [3.05, 3.63) is 11.6 Å². The summed E-state index contributed by atoms with van der Waals surface area (Å²) in [6.07, 6.45) is 0. The molecule has 2 aromatic rings. The summed E-state index contributed by atoms with van der Waals surface area (Å²) in [5.41, 5.74) is 0.626. The predicted molar refractivity (Wildman–Crippen MR) is 71.2 cm³/mol. The van der Waals surface area contributed by atoms with E-state index in [9.17, 15) is 8.42 Å². The monoisotopic (exact) mass is 299 g/mol. The fraction of sp³-hybridized carbons (Fsp3) is 0.545. The van der Waals surface area contributed by atoms with E-state index in [1.165, 1.54) is 4.57 Å². The van der Waals surface area contributed by atoms with Crippen molar-refractivity contribution in [2.45, 2.75) is 39.4 Å². The van der Waals surface area contributed by atoms with Crippen LogP contribution in [0.2, 0.25) is 0 Å². The van der Waals surface area contributed by atoms with Crippen LogP contribution >= 0.6 is 0 Å². The van der Waals surface area contributed by atoms with Crippen molar-refractivity contribution in [2.24, 2.45) is 11.1 Å². The third kappa shape index (κ3) is 2.73. The van der Waals surface area contributed by atoms with Gasteiger partial charge in [-0.2, -0.15) is 0 Å². The first kappa shape index (κ1) is 14.7. The van der Waals surface area contributed by atoms with Gasteiger partial charge < -0.3 is 4.42 Å². The highest BCUT2D eigenvalue weighted by molar-refractivity contribution is 7.89. The van der Waals surface area contributed by atoms with Crippen LogP contribution in [0.5, 0.6) is 0 Å². The molecule has 0 amide bonds.